The number of nitrogens with zero attached hydrogens (tertiary/aromatic N) is 3. The first kappa shape index (κ1) is 15.9. The zero-order chi connectivity index (χ0) is 17.2. The summed E-state index contributed by atoms with van der Waals surface area (Å²) in [6, 6.07) is 12.0. The molecule has 0 bridgehead atoms. The highest BCUT2D eigenvalue weighted by Crippen LogP contribution is 2.29. The van der Waals surface area contributed by atoms with Crippen LogP contribution in [0.1, 0.15) is 37.8 Å². The maximum absolute atomic E-state index is 12.6. The van der Waals surface area contributed by atoms with Crippen LogP contribution in [-0.4, -0.2) is 34.9 Å². The van der Waals surface area contributed by atoms with Crippen LogP contribution in [0.15, 0.2) is 30.3 Å². The number of carbonyl (C=O) groups excluding carboxylic acids is 1. The summed E-state index contributed by atoms with van der Waals surface area (Å²) in [5.41, 5.74) is 2.17. The maximum atomic E-state index is 12.6. The molecule has 4 rings (SSSR count). The largest absolute Gasteiger partial charge is 0.380 e. The van der Waals surface area contributed by atoms with E-state index in [9.17, 15) is 10.1 Å². The van der Waals surface area contributed by atoms with Gasteiger partial charge in [-0.15, -0.1) is 0 Å². The molecular weight excluding hydrogens is 312 g/mol. The average Bonchev–Trinajstić information content (AvgIpc) is 3.33. The lowest BCUT2D eigenvalue weighted by Crippen LogP contribution is -2.35. The molecule has 2 heterocycles. The van der Waals surface area contributed by atoms with Crippen molar-refractivity contribution >= 4 is 22.5 Å². The van der Waals surface area contributed by atoms with E-state index in [4.69, 9.17) is 0 Å². The monoisotopic (exact) mass is 334 g/mol. The molecular formula is C20H22N4O. The topological polar surface area (TPSA) is 69.0 Å². The molecule has 0 radical (unpaired) electrons. The molecule has 25 heavy (non-hydrogen) atoms. The number of rotatable bonds is 3. The van der Waals surface area contributed by atoms with Gasteiger partial charge in [-0.3, -0.25) is 4.79 Å². The summed E-state index contributed by atoms with van der Waals surface area (Å²) in [6.07, 6.45) is 5.41. The number of pyridine rings is 1. The number of likely N-dealkylation sites (tertiary alicyclic amines) is 1. The van der Waals surface area contributed by atoms with Crippen LogP contribution >= 0.6 is 0 Å². The number of amides is 1. The van der Waals surface area contributed by atoms with E-state index in [-0.39, 0.29) is 12.0 Å². The summed E-state index contributed by atoms with van der Waals surface area (Å²) in [7, 11) is 0. The molecule has 1 aliphatic carbocycles. The van der Waals surface area contributed by atoms with Gasteiger partial charge in [-0.25, -0.2) is 4.98 Å². The number of hydrogen-bond acceptors (Lipinski definition) is 4. The second kappa shape index (κ2) is 6.72. The van der Waals surface area contributed by atoms with Gasteiger partial charge in [-0.05, 0) is 31.4 Å². The minimum atomic E-state index is 0.225. The van der Waals surface area contributed by atoms with Crippen molar-refractivity contribution in [2.75, 3.05) is 18.4 Å². The Labute approximate surface area is 147 Å². The van der Waals surface area contributed by atoms with E-state index in [2.05, 4.69) is 16.4 Å². The number of anilines is 1. The van der Waals surface area contributed by atoms with E-state index < -0.39 is 0 Å². The smallest absolute Gasteiger partial charge is 0.225 e. The SMILES string of the molecule is N#Cc1cc(NC2CCN(C(=O)C3CCCC3)C2)c2ccccc2n1. The molecule has 5 heteroatoms. The molecule has 1 atom stereocenters. The highest BCUT2D eigenvalue weighted by molar-refractivity contribution is 5.92. The normalized spacial score (nSPS) is 20.8. The summed E-state index contributed by atoms with van der Waals surface area (Å²) >= 11 is 0. The molecule has 2 aliphatic rings. The highest BCUT2D eigenvalue weighted by atomic mass is 16.2. The third kappa shape index (κ3) is 3.17. The fourth-order valence-electron chi connectivity index (χ4n) is 4.08. The second-order valence-electron chi connectivity index (χ2n) is 7.08. The van der Waals surface area contributed by atoms with Gasteiger partial charge in [0, 0.05) is 36.1 Å². The van der Waals surface area contributed by atoms with Crippen LogP contribution in [0.25, 0.3) is 10.9 Å². The summed E-state index contributed by atoms with van der Waals surface area (Å²) in [5.74, 6) is 0.574. The van der Waals surface area contributed by atoms with Gasteiger partial charge in [0.2, 0.25) is 5.91 Å². The van der Waals surface area contributed by atoms with Crippen LogP contribution in [0.5, 0.6) is 0 Å². The van der Waals surface area contributed by atoms with Crippen LogP contribution < -0.4 is 5.32 Å². The molecule has 5 nitrogen and oxygen atoms in total. The van der Waals surface area contributed by atoms with E-state index in [1.807, 2.05) is 35.2 Å². The number of nitrogens with one attached hydrogen (secondary N) is 1. The van der Waals surface area contributed by atoms with Gasteiger partial charge >= 0.3 is 0 Å². The highest BCUT2D eigenvalue weighted by Gasteiger charge is 2.32. The minimum absolute atomic E-state index is 0.225. The van der Waals surface area contributed by atoms with E-state index >= 15 is 0 Å². The standard InChI is InChI=1S/C20H22N4O/c21-12-16-11-19(17-7-3-4-8-18(17)23-16)22-15-9-10-24(13-15)20(25)14-5-1-2-6-14/h3-4,7-8,11,14-15H,1-2,5-6,9-10,13H2,(H,22,23). The number of benzene rings is 1. The Morgan fingerprint density at radius 1 is 1.24 bits per heavy atom. The van der Waals surface area contributed by atoms with E-state index in [0.717, 1.165) is 48.9 Å². The summed E-state index contributed by atoms with van der Waals surface area (Å²) < 4.78 is 0. The Morgan fingerprint density at radius 3 is 2.84 bits per heavy atom. The van der Waals surface area contributed by atoms with Crippen LogP contribution in [0, 0.1) is 17.2 Å². The zero-order valence-corrected chi connectivity index (χ0v) is 14.2. The number of fused-ring (bicyclic) bond motifs is 1. The molecule has 1 N–H and O–H groups in total. The number of nitriles is 1. The average molecular weight is 334 g/mol. The van der Waals surface area contributed by atoms with Crippen LogP contribution in [0.2, 0.25) is 0 Å². The molecule has 128 valence electrons. The van der Waals surface area contributed by atoms with Crippen molar-refractivity contribution in [3.63, 3.8) is 0 Å². The van der Waals surface area contributed by atoms with Crippen molar-refractivity contribution in [1.29, 1.82) is 5.26 Å². The molecule has 1 aromatic heterocycles. The Kier molecular flexibility index (Phi) is 4.27. The molecule has 1 aromatic carbocycles. The van der Waals surface area contributed by atoms with Gasteiger partial charge in [0.25, 0.3) is 0 Å². The number of para-hydroxylation sites is 1. The molecule has 1 saturated carbocycles. The first-order valence-electron chi connectivity index (χ1n) is 9.10. The summed E-state index contributed by atoms with van der Waals surface area (Å²) in [4.78, 5) is 19.0. The lowest BCUT2D eigenvalue weighted by atomic mass is 10.1. The van der Waals surface area contributed by atoms with Gasteiger partial charge in [0.05, 0.1) is 5.52 Å². The van der Waals surface area contributed by atoms with Crippen LogP contribution in [-0.2, 0) is 4.79 Å². The van der Waals surface area contributed by atoms with Crippen molar-refractivity contribution in [3.8, 4) is 6.07 Å². The molecule has 2 fully saturated rings. The third-order valence-electron chi connectivity index (χ3n) is 5.39. The quantitative estimate of drug-likeness (QED) is 0.935. The Morgan fingerprint density at radius 2 is 2.04 bits per heavy atom. The first-order valence-corrected chi connectivity index (χ1v) is 9.10. The fourth-order valence-corrected chi connectivity index (χ4v) is 4.08. The van der Waals surface area contributed by atoms with E-state index in [1.165, 1.54) is 12.8 Å². The predicted octanol–water partition coefficient (Wildman–Crippen LogP) is 3.31. The van der Waals surface area contributed by atoms with Crippen molar-refractivity contribution in [3.05, 3.63) is 36.0 Å². The summed E-state index contributed by atoms with van der Waals surface area (Å²) in [5, 5.41) is 13.8. The van der Waals surface area contributed by atoms with Gasteiger partial charge in [-0.1, -0.05) is 31.0 Å². The molecule has 0 spiro atoms. The lowest BCUT2D eigenvalue weighted by Gasteiger charge is -2.21. The number of hydrogen-bond donors (Lipinski definition) is 1. The van der Waals surface area contributed by atoms with Crippen LogP contribution in [0.3, 0.4) is 0 Å². The van der Waals surface area contributed by atoms with E-state index in [0.29, 0.717) is 11.6 Å². The molecule has 2 aromatic rings. The molecule has 1 unspecified atom stereocenters. The van der Waals surface area contributed by atoms with Gasteiger partial charge in [0.15, 0.2) is 0 Å². The van der Waals surface area contributed by atoms with Gasteiger partial charge in [0.1, 0.15) is 11.8 Å². The van der Waals surface area contributed by atoms with Crippen molar-refractivity contribution in [2.45, 2.75) is 38.1 Å². The Hall–Kier alpha value is -2.61. The van der Waals surface area contributed by atoms with Gasteiger partial charge in [-0.2, -0.15) is 5.26 Å². The van der Waals surface area contributed by atoms with E-state index in [1.54, 1.807) is 0 Å². The predicted molar refractivity (Wildman–Crippen MR) is 97.0 cm³/mol. The Bertz CT molecular complexity index is 835. The fraction of sp³-hybridized carbons (Fsp3) is 0.450. The minimum Gasteiger partial charge on any atom is -0.380 e. The molecule has 1 aliphatic heterocycles. The van der Waals surface area contributed by atoms with Crippen LogP contribution in [0.4, 0.5) is 5.69 Å². The first-order chi connectivity index (χ1) is 12.2. The van der Waals surface area contributed by atoms with Crippen molar-refractivity contribution in [2.24, 2.45) is 5.92 Å². The van der Waals surface area contributed by atoms with Gasteiger partial charge < -0.3 is 10.2 Å². The summed E-state index contributed by atoms with van der Waals surface area (Å²) in [6.45, 7) is 1.56. The number of aromatic nitrogens is 1. The zero-order valence-electron chi connectivity index (χ0n) is 14.2. The number of carbonyl (C=O) groups is 1. The van der Waals surface area contributed by atoms with Crippen molar-refractivity contribution in [1.82, 2.24) is 9.88 Å². The third-order valence-corrected chi connectivity index (χ3v) is 5.39. The second-order valence-corrected chi connectivity index (χ2v) is 7.08. The molecule has 1 saturated heterocycles. The molecule has 1 amide bonds. The lowest BCUT2D eigenvalue weighted by molar-refractivity contribution is -0.134. The van der Waals surface area contributed by atoms with Crippen molar-refractivity contribution < 1.29 is 4.79 Å². The maximum Gasteiger partial charge on any atom is 0.225 e. The Balaban J connectivity index is 1.50.